The average Bonchev–Trinajstić information content (AvgIpc) is 2.71. The first-order valence-electron chi connectivity index (χ1n) is 8.52. The van der Waals surface area contributed by atoms with E-state index in [9.17, 15) is 14.7 Å². The van der Waals surface area contributed by atoms with Gasteiger partial charge in [0.15, 0.2) is 18.1 Å². The van der Waals surface area contributed by atoms with Gasteiger partial charge in [-0.15, -0.1) is 0 Å². The summed E-state index contributed by atoms with van der Waals surface area (Å²) in [6, 6.07) is 12.0. The number of amides is 1. The number of hydrogen-bond donors (Lipinski definition) is 1. The number of ether oxygens (including phenoxy) is 3. The summed E-state index contributed by atoms with van der Waals surface area (Å²) in [5.74, 6) is 0.00557. The van der Waals surface area contributed by atoms with Crippen LogP contribution in [-0.4, -0.2) is 49.8 Å². The zero-order valence-electron chi connectivity index (χ0n) is 16.0. The molecule has 0 bridgehead atoms. The van der Waals surface area contributed by atoms with E-state index in [0.717, 1.165) is 5.56 Å². The van der Waals surface area contributed by atoms with E-state index in [1.807, 2.05) is 24.3 Å². The summed E-state index contributed by atoms with van der Waals surface area (Å²) in [7, 11) is 4.63. The van der Waals surface area contributed by atoms with E-state index >= 15 is 0 Å². The molecule has 0 saturated carbocycles. The maximum atomic E-state index is 12.2. The number of carbonyl (C=O) groups excluding carboxylic acids is 2. The number of phenolic OH excluding ortho intramolecular Hbond substituents is 1. The van der Waals surface area contributed by atoms with Gasteiger partial charge >= 0.3 is 5.97 Å². The fraction of sp³-hybridized carbons (Fsp3) is 0.238. The summed E-state index contributed by atoms with van der Waals surface area (Å²) in [5, 5.41) is 9.56. The van der Waals surface area contributed by atoms with E-state index in [0.29, 0.717) is 23.6 Å². The first-order chi connectivity index (χ1) is 13.4. The topological polar surface area (TPSA) is 85.3 Å². The summed E-state index contributed by atoms with van der Waals surface area (Å²) < 4.78 is 15.3. The lowest BCUT2D eigenvalue weighted by Crippen LogP contribution is -2.30. The highest BCUT2D eigenvalue weighted by atomic mass is 16.5. The molecule has 0 fully saturated rings. The van der Waals surface area contributed by atoms with E-state index in [1.165, 1.54) is 30.2 Å². The Labute approximate surface area is 163 Å². The molecule has 0 aliphatic heterocycles. The molecule has 0 heterocycles. The number of phenols is 1. The first-order valence-corrected chi connectivity index (χ1v) is 8.52. The molecule has 0 spiro atoms. The van der Waals surface area contributed by atoms with E-state index in [1.54, 1.807) is 26.3 Å². The third-order valence-electron chi connectivity index (χ3n) is 3.98. The quantitative estimate of drug-likeness (QED) is 0.555. The monoisotopic (exact) mass is 385 g/mol. The fourth-order valence-corrected chi connectivity index (χ4v) is 2.43. The molecule has 148 valence electrons. The van der Waals surface area contributed by atoms with Crippen molar-refractivity contribution in [3.05, 3.63) is 59.7 Å². The van der Waals surface area contributed by atoms with Crippen molar-refractivity contribution in [1.82, 2.24) is 4.90 Å². The molecule has 0 aromatic heterocycles. The fourth-order valence-electron chi connectivity index (χ4n) is 2.43. The number of carbonyl (C=O) groups is 2. The summed E-state index contributed by atoms with van der Waals surface area (Å²) in [6.07, 6.45) is 2.71. The molecular formula is C21H23NO6. The molecule has 2 aromatic carbocycles. The minimum Gasteiger partial charge on any atom is -0.504 e. The zero-order chi connectivity index (χ0) is 20.5. The number of esters is 1. The van der Waals surface area contributed by atoms with Gasteiger partial charge in [-0.1, -0.05) is 24.3 Å². The van der Waals surface area contributed by atoms with Crippen LogP contribution in [0.1, 0.15) is 11.1 Å². The highest BCUT2D eigenvalue weighted by Crippen LogP contribution is 2.26. The van der Waals surface area contributed by atoms with Gasteiger partial charge in [-0.3, -0.25) is 4.79 Å². The molecule has 28 heavy (non-hydrogen) atoms. The maximum absolute atomic E-state index is 12.2. The Balaban J connectivity index is 1.87. The van der Waals surface area contributed by atoms with Crippen LogP contribution in [0.4, 0.5) is 0 Å². The van der Waals surface area contributed by atoms with Crippen molar-refractivity contribution >= 4 is 18.0 Å². The molecule has 1 amide bonds. The molecule has 0 unspecified atom stereocenters. The summed E-state index contributed by atoms with van der Waals surface area (Å²) in [6.45, 7) is -0.0305. The minimum atomic E-state index is -0.647. The molecule has 0 aliphatic rings. The van der Waals surface area contributed by atoms with Crippen molar-refractivity contribution in [2.24, 2.45) is 0 Å². The van der Waals surface area contributed by atoms with Crippen LogP contribution in [0.25, 0.3) is 6.08 Å². The van der Waals surface area contributed by atoms with E-state index in [4.69, 9.17) is 14.2 Å². The van der Waals surface area contributed by atoms with Crippen LogP contribution in [0.2, 0.25) is 0 Å². The molecule has 0 atom stereocenters. The van der Waals surface area contributed by atoms with Crippen molar-refractivity contribution in [2.45, 2.75) is 6.54 Å². The van der Waals surface area contributed by atoms with Gasteiger partial charge < -0.3 is 24.2 Å². The lowest BCUT2D eigenvalue weighted by Gasteiger charge is -2.18. The number of para-hydroxylation sites is 1. The van der Waals surface area contributed by atoms with Crippen molar-refractivity contribution in [2.75, 3.05) is 27.9 Å². The van der Waals surface area contributed by atoms with Crippen LogP contribution < -0.4 is 9.47 Å². The summed E-state index contributed by atoms with van der Waals surface area (Å²) in [5.41, 5.74) is 1.50. The Morgan fingerprint density at radius 2 is 1.79 bits per heavy atom. The number of benzene rings is 2. The predicted molar refractivity (Wildman–Crippen MR) is 104 cm³/mol. The van der Waals surface area contributed by atoms with Gasteiger partial charge in [-0.05, 0) is 29.8 Å². The van der Waals surface area contributed by atoms with Crippen LogP contribution in [-0.2, 0) is 20.9 Å². The Morgan fingerprint density at radius 1 is 1.07 bits per heavy atom. The van der Waals surface area contributed by atoms with Crippen LogP contribution in [0, 0.1) is 0 Å². The zero-order valence-corrected chi connectivity index (χ0v) is 16.0. The van der Waals surface area contributed by atoms with Crippen molar-refractivity contribution in [3.63, 3.8) is 0 Å². The van der Waals surface area contributed by atoms with E-state index < -0.39 is 5.97 Å². The van der Waals surface area contributed by atoms with Gasteiger partial charge in [-0.2, -0.15) is 0 Å². The number of methoxy groups -OCH3 is 2. The number of rotatable bonds is 8. The highest BCUT2D eigenvalue weighted by Gasteiger charge is 2.13. The third-order valence-corrected chi connectivity index (χ3v) is 3.98. The predicted octanol–water partition coefficient (Wildman–Crippen LogP) is 2.62. The molecule has 7 heteroatoms. The van der Waals surface area contributed by atoms with Crippen LogP contribution in [0.15, 0.2) is 48.5 Å². The lowest BCUT2D eigenvalue weighted by molar-refractivity contribution is -0.147. The second-order valence-corrected chi connectivity index (χ2v) is 5.93. The Morgan fingerprint density at radius 3 is 2.50 bits per heavy atom. The second-order valence-electron chi connectivity index (χ2n) is 5.93. The second kappa shape index (κ2) is 10.0. The molecule has 0 saturated heterocycles. The molecule has 2 aromatic rings. The van der Waals surface area contributed by atoms with Gasteiger partial charge in [0.25, 0.3) is 5.91 Å². The van der Waals surface area contributed by atoms with Crippen LogP contribution in [0.3, 0.4) is 0 Å². The van der Waals surface area contributed by atoms with Gasteiger partial charge in [0, 0.05) is 25.2 Å². The molecular weight excluding hydrogens is 362 g/mol. The molecule has 0 aliphatic carbocycles. The first kappa shape index (κ1) is 20.8. The SMILES string of the molecule is COc1cc(/C=C/C(=O)OCC(=O)N(C)Cc2ccccc2OC)ccc1O. The standard InChI is InChI=1S/C21H23NO6/c1-22(13-16-6-4-5-7-18(16)26-2)20(24)14-28-21(25)11-9-15-8-10-17(23)19(12-15)27-3/h4-12,23H,13-14H2,1-3H3/b11-9+. The third kappa shape index (κ3) is 5.77. The van der Waals surface area contributed by atoms with Crippen LogP contribution in [0.5, 0.6) is 17.2 Å². The Hall–Kier alpha value is -3.48. The van der Waals surface area contributed by atoms with E-state index in [2.05, 4.69) is 0 Å². The average molecular weight is 385 g/mol. The normalized spacial score (nSPS) is 10.5. The van der Waals surface area contributed by atoms with Crippen molar-refractivity contribution < 1.29 is 28.9 Å². The van der Waals surface area contributed by atoms with Gasteiger partial charge in [0.05, 0.1) is 14.2 Å². The molecule has 0 radical (unpaired) electrons. The van der Waals surface area contributed by atoms with Gasteiger partial charge in [0.2, 0.25) is 0 Å². The minimum absolute atomic E-state index is 0.00547. The number of nitrogens with zero attached hydrogens (tertiary/aromatic N) is 1. The van der Waals surface area contributed by atoms with Gasteiger partial charge in [0.1, 0.15) is 5.75 Å². The Bertz CT molecular complexity index is 862. The highest BCUT2D eigenvalue weighted by molar-refractivity contribution is 5.89. The lowest BCUT2D eigenvalue weighted by atomic mass is 10.2. The van der Waals surface area contributed by atoms with E-state index in [-0.39, 0.29) is 18.3 Å². The smallest absolute Gasteiger partial charge is 0.331 e. The number of likely N-dealkylation sites (N-methyl/N-ethyl adjacent to an activating group) is 1. The summed E-state index contributed by atoms with van der Waals surface area (Å²) in [4.78, 5) is 25.5. The van der Waals surface area contributed by atoms with Crippen molar-refractivity contribution in [3.8, 4) is 17.2 Å². The summed E-state index contributed by atoms with van der Waals surface area (Å²) >= 11 is 0. The largest absolute Gasteiger partial charge is 0.504 e. The molecule has 1 N–H and O–H groups in total. The van der Waals surface area contributed by atoms with Gasteiger partial charge in [-0.25, -0.2) is 4.79 Å². The maximum Gasteiger partial charge on any atom is 0.331 e. The Kier molecular flexibility index (Phi) is 7.45. The molecule has 2 rings (SSSR count). The number of aromatic hydroxyl groups is 1. The van der Waals surface area contributed by atoms with Crippen molar-refractivity contribution in [1.29, 1.82) is 0 Å². The van der Waals surface area contributed by atoms with Crippen LogP contribution >= 0.6 is 0 Å². The molecule has 7 nitrogen and oxygen atoms in total. The number of hydrogen-bond acceptors (Lipinski definition) is 6.